The van der Waals surface area contributed by atoms with Gasteiger partial charge in [-0.05, 0) is 32.3 Å². The molecule has 4 heteroatoms. The summed E-state index contributed by atoms with van der Waals surface area (Å²) in [5.74, 6) is 0. The minimum absolute atomic E-state index is 0.0175. The summed E-state index contributed by atoms with van der Waals surface area (Å²) in [6.07, 6.45) is 4.66. The Morgan fingerprint density at radius 3 is 2.65 bits per heavy atom. The lowest BCUT2D eigenvalue weighted by Gasteiger charge is -2.22. The molecule has 0 radical (unpaired) electrons. The van der Waals surface area contributed by atoms with E-state index in [1.54, 1.807) is 6.20 Å². The molecule has 0 aliphatic rings. The van der Waals surface area contributed by atoms with Crippen LogP contribution in [0, 0.1) is 6.92 Å². The van der Waals surface area contributed by atoms with Crippen molar-refractivity contribution in [3.8, 4) is 0 Å². The highest BCUT2D eigenvalue weighted by Gasteiger charge is 2.07. The van der Waals surface area contributed by atoms with Crippen molar-refractivity contribution in [2.75, 3.05) is 25.1 Å². The predicted molar refractivity (Wildman–Crippen MR) is 69.1 cm³/mol. The van der Waals surface area contributed by atoms with Gasteiger partial charge in [0.1, 0.15) is 0 Å². The van der Waals surface area contributed by atoms with Gasteiger partial charge in [-0.1, -0.05) is 0 Å². The van der Waals surface area contributed by atoms with Gasteiger partial charge in [0.05, 0.1) is 6.61 Å². The van der Waals surface area contributed by atoms with Crippen molar-refractivity contribution in [2.45, 2.75) is 32.8 Å². The first kappa shape index (κ1) is 13.9. The average Bonchev–Trinajstić information content (AvgIpc) is 2.34. The molecule has 0 saturated heterocycles. The molecule has 0 aromatic carbocycles. The largest absolute Gasteiger partial charge is 0.396 e. The molecule has 0 aliphatic heterocycles. The van der Waals surface area contributed by atoms with Crippen LogP contribution in [0.2, 0.25) is 0 Å². The highest BCUT2D eigenvalue weighted by atomic mass is 16.3. The molecule has 17 heavy (non-hydrogen) atoms. The Labute approximate surface area is 103 Å². The number of rotatable bonds is 7. The fraction of sp³-hybridized carbons (Fsp3) is 0.615. The maximum Gasteiger partial charge on any atom is 0.0717 e. The quantitative estimate of drug-likeness (QED) is 0.706. The highest BCUT2D eigenvalue weighted by Crippen LogP contribution is 2.20. The number of anilines is 1. The number of pyridine rings is 1. The zero-order chi connectivity index (χ0) is 12.7. The fourth-order valence-electron chi connectivity index (χ4n) is 1.81. The zero-order valence-corrected chi connectivity index (χ0v) is 10.7. The van der Waals surface area contributed by atoms with Crippen LogP contribution < -0.4 is 4.90 Å². The first-order chi connectivity index (χ1) is 8.19. The Balaban J connectivity index is 2.60. The fourth-order valence-corrected chi connectivity index (χ4v) is 1.81. The van der Waals surface area contributed by atoms with Gasteiger partial charge in [-0.15, -0.1) is 0 Å². The van der Waals surface area contributed by atoms with Crippen molar-refractivity contribution in [1.82, 2.24) is 4.98 Å². The number of aliphatic hydroxyl groups is 2. The second-order valence-corrected chi connectivity index (χ2v) is 4.32. The van der Waals surface area contributed by atoms with Gasteiger partial charge in [0.15, 0.2) is 0 Å². The third-order valence-corrected chi connectivity index (χ3v) is 2.83. The van der Waals surface area contributed by atoms with Crippen LogP contribution in [0.25, 0.3) is 0 Å². The minimum Gasteiger partial charge on any atom is -0.396 e. The lowest BCUT2D eigenvalue weighted by Crippen LogP contribution is -2.20. The topological polar surface area (TPSA) is 56.6 Å². The Morgan fingerprint density at radius 1 is 1.24 bits per heavy atom. The number of unbranched alkanes of at least 4 members (excludes halogenated alkanes) is 2. The number of hydrogen-bond donors (Lipinski definition) is 2. The molecular formula is C13H22N2O2. The van der Waals surface area contributed by atoms with E-state index in [1.807, 2.05) is 20.0 Å². The Bertz CT molecular complexity index is 342. The average molecular weight is 238 g/mol. The van der Waals surface area contributed by atoms with Crippen LogP contribution in [0.3, 0.4) is 0 Å². The molecule has 2 N–H and O–H groups in total. The summed E-state index contributed by atoms with van der Waals surface area (Å²) in [6, 6.07) is 2.00. The molecule has 0 aliphatic carbocycles. The van der Waals surface area contributed by atoms with Gasteiger partial charge in [0.2, 0.25) is 0 Å². The van der Waals surface area contributed by atoms with Crippen LogP contribution in [0.4, 0.5) is 5.69 Å². The Morgan fingerprint density at radius 2 is 2.00 bits per heavy atom. The van der Waals surface area contributed by atoms with Crippen molar-refractivity contribution in [2.24, 2.45) is 0 Å². The van der Waals surface area contributed by atoms with E-state index in [0.717, 1.165) is 42.8 Å². The van der Waals surface area contributed by atoms with Crippen LogP contribution in [0.1, 0.15) is 30.5 Å². The van der Waals surface area contributed by atoms with Gasteiger partial charge >= 0.3 is 0 Å². The molecule has 4 nitrogen and oxygen atoms in total. The molecule has 0 amide bonds. The van der Waals surface area contributed by atoms with Crippen LogP contribution in [-0.4, -0.2) is 35.4 Å². The summed E-state index contributed by atoms with van der Waals surface area (Å²) in [4.78, 5) is 6.32. The summed E-state index contributed by atoms with van der Waals surface area (Å²) >= 11 is 0. The first-order valence-corrected chi connectivity index (χ1v) is 6.07. The third-order valence-electron chi connectivity index (χ3n) is 2.83. The molecular weight excluding hydrogens is 216 g/mol. The molecule has 0 fully saturated rings. The number of nitrogens with zero attached hydrogens (tertiary/aromatic N) is 2. The van der Waals surface area contributed by atoms with Crippen LogP contribution in [0.15, 0.2) is 12.3 Å². The van der Waals surface area contributed by atoms with Gasteiger partial charge in [0, 0.05) is 43.3 Å². The minimum atomic E-state index is 0.0175. The van der Waals surface area contributed by atoms with E-state index in [-0.39, 0.29) is 13.2 Å². The van der Waals surface area contributed by atoms with Gasteiger partial charge in [0.25, 0.3) is 0 Å². The Kier molecular flexibility index (Phi) is 5.94. The second-order valence-electron chi connectivity index (χ2n) is 4.32. The molecule has 96 valence electrons. The van der Waals surface area contributed by atoms with Crippen LogP contribution in [-0.2, 0) is 6.61 Å². The maximum absolute atomic E-state index is 9.27. The smallest absolute Gasteiger partial charge is 0.0717 e. The van der Waals surface area contributed by atoms with Crippen molar-refractivity contribution < 1.29 is 10.2 Å². The Hall–Kier alpha value is -1.13. The van der Waals surface area contributed by atoms with E-state index in [4.69, 9.17) is 5.11 Å². The van der Waals surface area contributed by atoms with E-state index >= 15 is 0 Å². The molecule has 0 saturated carbocycles. The van der Waals surface area contributed by atoms with Crippen LogP contribution in [0.5, 0.6) is 0 Å². The summed E-state index contributed by atoms with van der Waals surface area (Å²) in [7, 11) is 2.02. The monoisotopic (exact) mass is 238 g/mol. The molecule has 1 rings (SSSR count). The van der Waals surface area contributed by atoms with E-state index in [9.17, 15) is 5.11 Å². The van der Waals surface area contributed by atoms with Gasteiger partial charge < -0.3 is 15.1 Å². The molecule has 0 bridgehead atoms. The number of aliphatic hydroxyl groups excluding tert-OH is 2. The van der Waals surface area contributed by atoms with E-state index < -0.39 is 0 Å². The van der Waals surface area contributed by atoms with Crippen molar-refractivity contribution in [3.05, 3.63) is 23.5 Å². The van der Waals surface area contributed by atoms with Crippen LogP contribution >= 0.6 is 0 Å². The lowest BCUT2D eigenvalue weighted by atomic mass is 10.2. The van der Waals surface area contributed by atoms with E-state index in [1.165, 1.54) is 0 Å². The third kappa shape index (κ3) is 4.32. The summed E-state index contributed by atoms with van der Waals surface area (Å²) < 4.78 is 0. The first-order valence-electron chi connectivity index (χ1n) is 6.07. The summed E-state index contributed by atoms with van der Waals surface area (Å²) in [6.45, 7) is 3.16. The van der Waals surface area contributed by atoms with Crippen molar-refractivity contribution >= 4 is 5.69 Å². The summed E-state index contributed by atoms with van der Waals surface area (Å²) in [5.41, 5.74) is 2.86. The standard InChI is InChI=1S/C13H22N2O2/c1-11-8-13(12(10-17)9-14-11)15(2)6-4-3-5-7-16/h8-9,16-17H,3-7,10H2,1-2H3. The molecule has 1 aromatic heterocycles. The number of aromatic nitrogens is 1. The van der Waals surface area contributed by atoms with Gasteiger partial charge in [-0.25, -0.2) is 0 Å². The molecule has 0 atom stereocenters. The summed E-state index contributed by atoms with van der Waals surface area (Å²) in [5, 5.41) is 18.0. The second kappa shape index (κ2) is 7.25. The molecule has 0 spiro atoms. The number of hydrogen-bond acceptors (Lipinski definition) is 4. The predicted octanol–water partition coefficient (Wildman–Crippen LogP) is 1.48. The maximum atomic E-state index is 9.27. The van der Waals surface area contributed by atoms with E-state index in [2.05, 4.69) is 9.88 Å². The SMILES string of the molecule is Cc1cc(N(C)CCCCCO)c(CO)cn1. The zero-order valence-electron chi connectivity index (χ0n) is 10.7. The van der Waals surface area contributed by atoms with Crippen molar-refractivity contribution in [3.63, 3.8) is 0 Å². The lowest BCUT2D eigenvalue weighted by molar-refractivity contribution is 0.281. The normalized spacial score (nSPS) is 10.6. The molecule has 1 aromatic rings. The molecule has 1 heterocycles. The van der Waals surface area contributed by atoms with Gasteiger partial charge in [-0.2, -0.15) is 0 Å². The highest BCUT2D eigenvalue weighted by molar-refractivity contribution is 5.52. The number of aryl methyl sites for hydroxylation is 1. The van der Waals surface area contributed by atoms with Crippen molar-refractivity contribution in [1.29, 1.82) is 0 Å². The van der Waals surface area contributed by atoms with E-state index in [0.29, 0.717) is 0 Å². The molecule has 0 unspecified atom stereocenters. The van der Waals surface area contributed by atoms with Gasteiger partial charge in [-0.3, -0.25) is 4.98 Å².